The summed E-state index contributed by atoms with van der Waals surface area (Å²) in [6.45, 7) is 0. The number of rotatable bonds is 4. The van der Waals surface area contributed by atoms with Crippen molar-refractivity contribution >= 4 is 29.2 Å². The van der Waals surface area contributed by atoms with Crippen LogP contribution in [0.5, 0.6) is 0 Å². The molecule has 0 fully saturated rings. The van der Waals surface area contributed by atoms with Gasteiger partial charge in [0.25, 0.3) is 0 Å². The molecule has 0 N–H and O–H groups in total. The van der Waals surface area contributed by atoms with Gasteiger partial charge in [-0.25, -0.2) is 4.79 Å². The summed E-state index contributed by atoms with van der Waals surface area (Å²) < 4.78 is 10.5. The van der Waals surface area contributed by atoms with Crippen LogP contribution in [0.15, 0.2) is 59.0 Å². The molecule has 0 unspecified atom stereocenters. The first-order valence-corrected chi connectivity index (χ1v) is 8.54. The lowest BCUT2D eigenvalue weighted by Crippen LogP contribution is -2.02. The second kappa shape index (κ2) is 8.26. The van der Waals surface area contributed by atoms with Crippen molar-refractivity contribution in [2.45, 2.75) is 0 Å². The number of carbonyl (C=O) groups excluding carboxylic acids is 1. The zero-order valence-corrected chi connectivity index (χ0v) is 15.5. The van der Waals surface area contributed by atoms with E-state index in [0.29, 0.717) is 33.8 Å². The van der Waals surface area contributed by atoms with Gasteiger partial charge < -0.3 is 9.15 Å². The van der Waals surface area contributed by atoms with Crippen LogP contribution >= 0.6 is 11.6 Å². The Morgan fingerprint density at radius 2 is 1.96 bits per heavy atom. The van der Waals surface area contributed by atoms with Gasteiger partial charge in [-0.2, -0.15) is 10.5 Å². The minimum absolute atomic E-state index is 0.237. The number of furan rings is 1. The molecule has 28 heavy (non-hydrogen) atoms. The van der Waals surface area contributed by atoms with Gasteiger partial charge in [0.2, 0.25) is 0 Å². The molecule has 6 heteroatoms. The molecule has 3 rings (SSSR count). The molecule has 0 atom stereocenters. The maximum Gasteiger partial charge on any atom is 0.339 e. The Hall–Kier alpha value is -3.80. The number of hydrogen-bond donors (Lipinski definition) is 0. The maximum atomic E-state index is 11.8. The number of nitrogens with zero attached hydrogens (tertiary/aromatic N) is 2. The number of methoxy groups -OCH3 is 1. The molecule has 0 aliphatic heterocycles. The Labute approximate surface area is 166 Å². The summed E-state index contributed by atoms with van der Waals surface area (Å²) in [5.41, 5.74) is 2.34. The summed E-state index contributed by atoms with van der Waals surface area (Å²) in [5.74, 6) is 0.433. The average Bonchev–Trinajstić information content (AvgIpc) is 3.20. The molecule has 0 radical (unpaired) electrons. The second-order valence-electron chi connectivity index (χ2n) is 5.75. The first-order chi connectivity index (χ1) is 13.5. The van der Waals surface area contributed by atoms with E-state index < -0.39 is 5.97 Å². The molecule has 0 amide bonds. The van der Waals surface area contributed by atoms with E-state index in [0.717, 1.165) is 0 Å². The number of halogens is 1. The first kappa shape index (κ1) is 19.0. The fourth-order valence-corrected chi connectivity index (χ4v) is 2.80. The predicted molar refractivity (Wildman–Crippen MR) is 105 cm³/mol. The smallest absolute Gasteiger partial charge is 0.339 e. The monoisotopic (exact) mass is 388 g/mol. The van der Waals surface area contributed by atoms with Gasteiger partial charge in [0.1, 0.15) is 11.5 Å². The van der Waals surface area contributed by atoms with Gasteiger partial charge in [-0.05, 0) is 54.1 Å². The van der Waals surface area contributed by atoms with Gasteiger partial charge in [0.05, 0.1) is 41.0 Å². The van der Waals surface area contributed by atoms with Crippen LogP contribution in [0.1, 0.15) is 27.2 Å². The summed E-state index contributed by atoms with van der Waals surface area (Å²) in [6, 6.07) is 19.3. The van der Waals surface area contributed by atoms with Crippen molar-refractivity contribution in [3.8, 4) is 23.5 Å². The zero-order valence-electron chi connectivity index (χ0n) is 14.8. The average molecular weight is 389 g/mol. The summed E-state index contributed by atoms with van der Waals surface area (Å²) >= 11 is 6.04. The highest BCUT2D eigenvalue weighted by atomic mass is 35.5. The fourth-order valence-electron chi connectivity index (χ4n) is 2.61. The van der Waals surface area contributed by atoms with Crippen LogP contribution in [0, 0.1) is 22.7 Å². The highest BCUT2D eigenvalue weighted by Crippen LogP contribution is 2.29. The summed E-state index contributed by atoms with van der Waals surface area (Å²) in [5, 5.41) is 18.8. The van der Waals surface area contributed by atoms with Crippen molar-refractivity contribution in [3.05, 3.63) is 82.1 Å². The van der Waals surface area contributed by atoms with E-state index in [9.17, 15) is 10.1 Å². The normalized spacial score (nSPS) is 10.8. The number of carbonyl (C=O) groups is 1. The standard InChI is InChI=1S/C22H13ClN2O3/c1-27-22(26)19-11-16(5-7-20(19)23)21-8-6-18(28-21)10-17(13-25)15-4-2-3-14(9-15)12-24/h2-11H,1H3/b17-10-. The molecule has 1 heterocycles. The third-order valence-corrected chi connectivity index (χ3v) is 4.32. The number of hydrogen-bond acceptors (Lipinski definition) is 5. The second-order valence-corrected chi connectivity index (χ2v) is 6.16. The molecule has 0 bridgehead atoms. The number of allylic oxidation sites excluding steroid dienone is 1. The van der Waals surface area contributed by atoms with Crippen LogP contribution in [0.2, 0.25) is 5.02 Å². The number of benzene rings is 2. The van der Waals surface area contributed by atoms with Crippen molar-refractivity contribution in [3.63, 3.8) is 0 Å². The van der Waals surface area contributed by atoms with Crippen molar-refractivity contribution in [1.29, 1.82) is 10.5 Å². The molecular formula is C22H13ClN2O3. The van der Waals surface area contributed by atoms with Gasteiger partial charge in [-0.1, -0.05) is 23.7 Å². The zero-order chi connectivity index (χ0) is 20.1. The Morgan fingerprint density at radius 1 is 1.14 bits per heavy atom. The Morgan fingerprint density at radius 3 is 2.68 bits per heavy atom. The molecule has 2 aromatic carbocycles. The van der Waals surface area contributed by atoms with E-state index in [1.807, 2.05) is 0 Å². The number of nitriles is 2. The van der Waals surface area contributed by atoms with Crippen molar-refractivity contribution in [2.24, 2.45) is 0 Å². The van der Waals surface area contributed by atoms with E-state index in [4.69, 9.17) is 26.0 Å². The van der Waals surface area contributed by atoms with E-state index in [-0.39, 0.29) is 10.6 Å². The third kappa shape index (κ3) is 3.96. The first-order valence-electron chi connectivity index (χ1n) is 8.16. The summed E-state index contributed by atoms with van der Waals surface area (Å²) in [6.07, 6.45) is 1.59. The Kier molecular flexibility index (Phi) is 5.60. The molecule has 0 saturated carbocycles. The molecule has 1 aromatic heterocycles. The van der Waals surface area contributed by atoms with E-state index >= 15 is 0 Å². The molecule has 0 aliphatic carbocycles. The van der Waals surface area contributed by atoms with Crippen LogP contribution < -0.4 is 0 Å². The van der Waals surface area contributed by atoms with E-state index in [2.05, 4.69) is 12.1 Å². The van der Waals surface area contributed by atoms with Crippen LogP contribution in [0.4, 0.5) is 0 Å². The molecule has 0 aliphatic rings. The van der Waals surface area contributed by atoms with E-state index in [1.165, 1.54) is 7.11 Å². The minimum Gasteiger partial charge on any atom is -0.465 e. The lowest BCUT2D eigenvalue weighted by atomic mass is 10.0. The van der Waals surface area contributed by atoms with Crippen molar-refractivity contribution in [1.82, 2.24) is 0 Å². The molecular weight excluding hydrogens is 376 g/mol. The van der Waals surface area contributed by atoms with Gasteiger partial charge >= 0.3 is 5.97 Å². The highest BCUT2D eigenvalue weighted by molar-refractivity contribution is 6.33. The molecule has 5 nitrogen and oxygen atoms in total. The van der Waals surface area contributed by atoms with Crippen LogP contribution in [-0.2, 0) is 4.74 Å². The lowest BCUT2D eigenvalue weighted by Gasteiger charge is -2.04. The predicted octanol–water partition coefficient (Wildman–Crippen LogP) is 5.32. The summed E-state index contributed by atoms with van der Waals surface area (Å²) in [4.78, 5) is 11.8. The maximum absolute atomic E-state index is 11.8. The van der Waals surface area contributed by atoms with Gasteiger partial charge in [0, 0.05) is 5.56 Å². The van der Waals surface area contributed by atoms with Crippen molar-refractivity contribution < 1.29 is 13.9 Å². The van der Waals surface area contributed by atoms with Crippen LogP contribution in [0.25, 0.3) is 23.0 Å². The SMILES string of the molecule is COC(=O)c1cc(-c2ccc(/C=C(/C#N)c3cccc(C#N)c3)o2)ccc1Cl. The molecule has 0 saturated heterocycles. The van der Waals surface area contributed by atoms with Gasteiger partial charge in [-0.3, -0.25) is 0 Å². The van der Waals surface area contributed by atoms with Crippen LogP contribution in [-0.4, -0.2) is 13.1 Å². The Bertz CT molecular complexity index is 1160. The minimum atomic E-state index is -0.539. The van der Waals surface area contributed by atoms with Gasteiger partial charge in [-0.15, -0.1) is 0 Å². The Balaban J connectivity index is 1.96. The highest BCUT2D eigenvalue weighted by Gasteiger charge is 2.14. The van der Waals surface area contributed by atoms with Gasteiger partial charge in [0.15, 0.2) is 0 Å². The fraction of sp³-hybridized carbons (Fsp3) is 0.0455. The third-order valence-electron chi connectivity index (χ3n) is 3.99. The van der Waals surface area contributed by atoms with E-state index in [1.54, 1.807) is 60.7 Å². The van der Waals surface area contributed by atoms with Crippen LogP contribution in [0.3, 0.4) is 0 Å². The lowest BCUT2D eigenvalue weighted by molar-refractivity contribution is 0.0601. The number of esters is 1. The largest absolute Gasteiger partial charge is 0.465 e. The summed E-state index contributed by atoms with van der Waals surface area (Å²) in [7, 11) is 1.28. The van der Waals surface area contributed by atoms with Crippen molar-refractivity contribution in [2.75, 3.05) is 7.11 Å². The molecule has 0 spiro atoms. The quantitative estimate of drug-likeness (QED) is 0.445. The molecule has 3 aromatic rings. The number of ether oxygens (including phenoxy) is 1. The molecule has 136 valence electrons. The topological polar surface area (TPSA) is 87.0 Å².